The lowest BCUT2D eigenvalue weighted by molar-refractivity contribution is 0.312. The number of pyridine rings is 3. The van der Waals surface area contributed by atoms with E-state index in [1.54, 1.807) is 0 Å². The molecule has 1 aliphatic rings. The lowest BCUT2D eigenvalue weighted by atomic mass is 9.99. The maximum absolute atomic E-state index is 4.69. The highest BCUT2D eigenvalue weighted by Crippen LogP contribution is 2.33. The smallest absolute Gasteiger partial charge is 0.137 e. The first-order valence-corrected chi connectivity index (χ1v) is 10.4. The summed E-state index contributed by atoms with van der Waals surface area (Å²) in [6.07, 6.45) is 7.75. The molecule has 6 nitrogen and oxygen atoms in total. The summed E-state index contributed by atoms with van der Waals surface area (Å²) in [5, 5.41) is 1.12. The maximum atomic E-state index is 4.69. The Balaban J connectivity index is 1.56. The molecule has 0 amide bonds. The summed E-state index contributed by atoms with van der Waals surface area (Å²) < 4.78 is 0. The van der Waals surface area contributed by atoms with Crippen molar-refractivity contribution in [3.8, 4) is 22.3 Å². The average molecular weight is 399 g/mol. The van der Waals surface area contributed by atoms with E-state index in [9.17, 15) is 0 Å². The van der Waals surface area contributed by atoms with Gasteiger partial charge in [0.25, 0.3) is 0 Å². The molecule has 1 N–H and O–H groups in total. The Bertz CT molecular complexity index is 1180. The highest BCUT2D eigenvalue weighted by molar-refractivity contribution is 5.96. The van der Waals surface area contributed by atoms with E-state index in [1.807, 2.05) is 24.8 Å². The molecule has 4 aromatic rings. The van der Waals surface area contributed by atoms with Crippen LogP contribution in [0.15, 0.2) is 49.1 Å². The summed E-state index contributed by atoms with van der Waals surface area (Å²) >= 11 is 0. The first-order valence-electron chi connectivity index (χ1n) is 10.4. The minimum atomic E-state index is 0.894. The number of hydrogen-bond acceptors (Lipinski definition) is 5. The van der Waals surface area contributed by atoms with Crippen LogP contribution in [0.2, 0.25) is 0 Å². The van der Waals surface area contributed by atoms with Crippen LogP contribution in [0.1, 0.15) is 11.3 Å². The van der Waals surface area contributed by atoms with E-state index in [1.165, 1.54) is 5.56 Å². The van der Waals surface area contributed by atoms with Crippen LogP contribution in [-0.4, -0.2) is 58.1 Å². The Morgan fingerprint density at radius 2 is 1.70 bits per heavy atom. The van der Waals surface area contributed by atoms with Crippen molar-refractivity contribution in [3.05, 3.63) is 60.3 Å². The molecular formula is C24H26N6. The summed E-state index contributed by atoms with van der Waals surface area (Å²) in [5.74, 6) is 1.04. The van der Waals surface area contributed by atoms with Gasteiger partial charge in [-0.05, 0) is 56.3 Å². The van der Waals surface area contributed by atoms with Gasteiger partial charge < -0.3 is 14.8 Å². The summed E-state index contributed by atoms with van der Waals surface area (Å²) in [7, 11) is 2.17. The van der Waals surface area contributed by atoms with Crippen LogP contribution >= 0.6 is 0 Å². The molecule has 6 heteroatoms. The Morgan fingerprint density at radius 3 is 2.50 bits per heavy atom. The molecule has 0 aromatic carbocycles. The molecule has 0 saturated carbocycles. The molecule has 0 bridgehead atoms. The zero-order valence-corrected chi connectivity index (χ0v) is 17.7. The van der Waals surface area contributed by atoms with Crippen LogP contribution < -0.4 is 4.90 Å². The van der Waals surface area contributed by atoms with Crippen LogP contribution in [0.25, 0.3) is 33.3 Å². The number of aromatic amines is 1. The fourth-order valence-electron chi connectivity index (χ4n) is 4.30. The van der Waals surface area contributed by atoms with Crippen molar-refractivity contribution in [1.82, 2.24) is 24.8 Å². The number of nitrogens with one attached hydrogen (secondary N) is 1. The van der Waals surface area contributed by atoms with Gasteiger partial charge in [0.1, 0.15) is 11.5 Å². The Labute approximate surface area is 176 Å². The Kier molecular flexibility index (Phi) is 4.71. The third kappa shape index (κ3) is 3.33. The minimum Gasteiger partial charge on any atom is -0.354 e. The molecule has 0 aliphatic carbocycles. The number of nitrogens with zero attached hydrogens (tertiary/aromatic N) is 5. The second-order valence-corrected chi connectivity index (χ2v) is 8.10. The molecule has 4 aromatic heterocycles. The highest BCUT2D eigenvalue weighted by atomic mass is 15.3. The molecule has 152 valence electrons. The molecule has 0 atom stereocenters. The topological polar surface area (TPSA) is 60.9 Å². The van der Waals surface area contributed by atoms with Gasteiger partial charge in [0.2, 0.25) is 0 Å². The van der Waals surface area contributed by atoms with Crippen molar-refractivity contribution in [2.75, 3.05) is 38.1 Å². The number of aromatic nitrogens is 4. The van der Waals surface area contributed by atoms with Crippen molar-refractivity contribution < 1.29 is 0 Å². The van der Waals surface area contributed by atoms with Crippen LogP contribution in [0.5, 0.6) is 0 Å². The predicted octanol–water partition coefficient (Wildman–Crippen LogP) is 4.06. The summed E-state index contributed by atoms with van der Waals surface area (Å²) in [6, 6.07) is 8.55. The lowest BCUT2D eigenvalue weighted by Gasteiger charge is -2.33. The molecule has 0 radical (unpaired) electrons. The monoisotopic (exact) mass is 398 g/mol. The second kappa shape index (κ2) is 7.54. The largest absolute Gasteiger partial charge is 0.354 e. The number of piperazine rings is 1. The molecule has 5 heterocycles. The summed E-state index contributed by atoms with van der Waals surface area (Å²) in [5.41, 5.74) is 7.69. The van der Waals surface area contributed by atoms with Gasteiger partial charge in [-0.25, -0.2) is 9.97 Å². The quantitative estimate of drug-likeness (QED) is 0.564. The third-order valence-corrected chi connectivity index (χ3v) is 6.05. The number of H-pyrrole nitrogens is 1. The van der Waals surface area contributed by atoms with Gasteiger partial charge in [-0.15, -0.1) is 0 Å². The Hall–Kier alpha value is -3.25. The van der Waals surface area contributed by atoms with E-state index in [4.69, 9.17) is 4.98 Å². The van der Waals surface area contributed by atoms with Crippen LogP contribution in [0.4, 0.5) is 5.82 Å². The zero-order chi connectivity index (χ0) is 20.7. The molecule has 0 spiro atoms. The van der Waals surface area contributed by atoms with Gasteiger partial charge in [-0.1, -0.05) is 0 Å². The third-order valence-electron chi connectivity index (χ3n) is 6.05. The number of fused-ring (bicyclic) bond motifs is 1. The van der Waals surface area contributed by atoms with Crippen molar-refractivity contribution in [3.63, 3.8) is 0 Å². The molecular weight excluding hydrogens is 372 g/mol. The van der Waals surface area contributed by atoms with Gasteiger partial charge in [0.05, 0.1) is 0 Å². The van der Waals surface area contributed by atoms with Gasteiger partial charge in [-0.2, -0.15) is 0 Å². The lowest BCUT2D eigenvalue weighted by Crippen LogP contribution is -2.44. The fourth-order valence-corrected chi connectivity index (χ4v) is 4.30. The predicted molar refractivity (Wildman–Crippen MR) is 122 cm³/mol. The number of hydrogen-bond donors (Lipinski definition) is 1. The van der Waals surface area contributed by atoms with E-state index in [-0.39, 0.29) is 0 Å². The van der Waals surface area contributed by atoms with Gasteiger partial charge in [0.15, 0.2) is 0 Å². The summed E-state index contributed by atoms with van der Waals surface area (Å²) in [4.78, 5) is 21.9. The van der Waals surface area contributed by atoms with Crippen molar-refractivity contribution in [1.29, 1.82) is 0 Å². The van der Waals surface area contributed by atoms with Gasteiger partial charge in [-0.3, -0.25) is 4.98 Å². The Morgan fingerprint density at radius 1 is 0.900 bits per heavy atom. The van der Waals surface area contributed by atoms with E-state index < -0.39 is 0 Å². The van der Waals surface area contributed by atoms with E-state index in [0.717, 1.165) is 71.0 Å². The molecule has 1 aliphatic heterocycles. The molecule has 0 unspecified atom stereocenters. The number of anilines is 1. The average Bonchev–Trinajstić information content (AvgIpc) is 3.18. The maximum Gasteiger partial charge on any atom is 0.137 e. The summed E-state index contributed by atoms with van der Waals surface area (Å²) in [6.45, 7) is 8.32. The second-order valence-electron chi connectivity index (χ2n) is 8.10. The normalized spacial score (nSPS) is 15.1. The minimum absolute atomic E-state index is 0.894. The first kappa shape index (κ1) is 18.8. The molecule has 1 saturated heterocycles. The number of rotatable bonds is 3. The van der Waals surface area contributed by atoms with Crippen molar-refractivity contribution in [2.24, 2.45) is 0 Å². The van der Waals surface area contributed by atoms with Crippen LogP contribution in [-0.2, 0) is 0 Å². The van der Waals surface area contributed by atoms with E-state index >= 15 is 0 Å². The number of likely N-dealkylation sites (N-methyl/N-ethyl adjacent to an activating group) is 1. The SMILES string of the molecule is Cc1ccnc(C)c1-c1cnc2[nH]cc(-c3ccnc(N4CCN(C)CC4)c3)c2c1. The van der Waals surface area contributed by atoms with Crippen molar-refractivity contribution in [2.45, 2.75) is 13.8 Å². The standard InChI is InChI=1S/C24H26N6/c1-16-4-6-25-17(2)23(16)19-12-20-21(15-28-24(20)27-14-19)18-5-7-26-22(13-18)30-10-8-29(3)9-11-30/h4-7,12-15H,8-11H2,1-3H3,(H,27,28). The first-order chi connectivity index (χ1) is 14.6. The van der Waals surface area contributed by atoms with E-state index in [2.05, 4.69) is 69.9 Å². The zero-order valence-electron chi connectivity index (χ0n) is 17.7. The van der Waals surface area contributed by atoms with E-state index in [0.29, 0.717) is 0 Å². The molecule has 30 heavy (non-hydrogen) atoms. The van der Waals surface area contributed by atoms with Crippen molar-refractivity contribution >= 4 is 16.9 Å². The van der Waals surface area contributed by atoms with Gasteiger partial charge in [0, 0.05) is 78.7 Å². The van der Waals surface area contributed by atoms with Crippen LogP contribution in [0.3, 0.4) is 0 Å². The number of aryl methyl sites for hydroxylation is 2. The molecule has 5 rings (SSSR count). The molecule has 1 fully saturated rings. The highest BCUT2D eigenvalue weighted by Gasteiger charge is 2.17. The van der Waals surface area contributed by atoms with Crippen LogP contribution in [0, 0.1) is 13.8 Å². The fraction of sp³-hybridized carbons (Fsp3) is 0.292. The van der Waals surface area contributed by atoms with Gasteiger partial charge >= 0.3 is 0 Å².